The minimum atomic E-state index is -0.424. The quantitative estimate of drug-likeness (QED) is 0.839. The second-order valence-corrected chi connectivity index (χ2v) is 5.40. The molecule has 6 nitrogen and oxygen atoms in total. The number of hydrogen-bond acceptors (Lipinski definition) is 5. The summed E-state index contributed by atoms with van der Waals surface area (Å²) in [6, 6.07) is 0.296. The average molecular weight is 294 g/mol. The molecule has 2 heterocycles. The molecule has 6 heteroatoms. The third-order valence-electron chi connectivity index (χ3n) is 4.10. The SMILES string of the molecule is CCOC(=O)c1nc(CC)n(C2CCCN(CC)C2)c1N. The maximum Gasteiger partial charge on any atom is 0.360 e. The summed E-state index contributed by atoms with van der Waals surface area (Å²) in [5.74, 6) is 0.901. The number of anilines is 1. The molecule has 0 spiro atoms. The van der Waals surface area contributed by atoms with E-state index in [1.807, 2.05) is 11.5 Å². The molecule has 0 radical (unpaired) electrons. The van der Waals surface area contributed by atoms with Gasteiger partial charge in [-0.15, -0.1) is 0 Å². The Morgan fingerprint density at radius 1 is 1.43 bits per heavy atom. The minimum absolute atomic E-state index is 0.266. The van der Waals surface area contributed by atoms with Gasteiger partial charge in [0.1, 0.15) is 11.6 Å². The summed E-state index contributed by atoms with van der Waals surface area (Å²) in [7, 11) is 0. The molecule has 0 aromatic carbocycles. The number of hydrogen-bond donors (Lipinski definition) is 1. The standard InChI is InChI=1S/C15H26N4O2/c1-4-12-17-13(15(20)21-6-3)14(16)19(12)11-8-7-9-18(5-2)10-11/h11H,4-10,16H2,1-3H3. The molecule has 0 aliphatic carbocycles. The fourth-order valence-corrected chi connectivity index (χ4v) is 3.03. The molecular weight excluding hydrogens is 268 g/mol. The van der Waals surface area contributed by atoms with Crippen LogP contribution in [0.25, 0.3) is 0 Å². The van der Waals surface area contributed by atoms with Gasteiger partial charge >= 0.3 is 5.97 Å². The van der Waals surface area contributed by atoms with Crippen molar-refractivity contribution in [3.8, 4) is 0 Å². The third-order valence-corrected chi connectivity index (χ3v) is 4.10. The van der Waals surface area contributed by atoms with Gasteiger partial charge in [0.25, 0.3) is 0 Å². The van der Waals surface area contributed by atoms with Crippen molar-refractivity contribution >= 4 is 11.8 Å². The first-order valence-electron chi connectivity index (χ1n) is 7.88. The molecule has 1 aliphatic heterocycles. The smallest absolute Gasteiger partial charge is 0.360 e. The maximum atomic E-state index is 12.0. The van der Waals surface area contributed by atoms with Gasteiger partial charge < -0.3 is 19.9 Å². The zero-order chi connectivity index (χ0) is 15.4. The predicted molar refractivity (Wildman–Crippen MR) is 82.4 cm³/mol. The molecular formula is C15H26N4O2. The molecule has 0 amide bonds. The molecule has 1 aromatic rings. The number of ether oxygens (including phenoxy) is 1. The van der Waals surface area contributed by atoms with E-state index in [4.69, 9.17) is 10.5 Å². The van der Waals surface area contributed by atoms with Gasteiger partial charge in [0, 0.05) is 19.0 Å². The topological polar surface area (TPSA) is 73.4 Å². The molecule has 21 heavy (non-hydrogen) atoms. The van der Waals surface area contributed by atoms with Crippen LogP contribution in [0.2, 0.25) is 0 Å². The van der Waals surface area contributed by atoms with Crippen molar-refractivity contribution in [2.45, 2.75) is 46.1 Å². The Morgan fingerprint density at radius 2 is 2.19 bits per heavy atom. The van der Waals surface area contributed by atoms with E-state index in [-0.39, 0.29) is 5.69 Å². The number of rotatable bonds is 5. The number of esters is 1. The van der Waals surface area contributed by atoms with Gasteiger partial charge in [0.15, 0.2) is 5.69 Å². The van der Waals surface area contributed by atoms with Crippen molar-refractivity contribution in [2.75, 3.05) is 32.0 Å². The summed E-state index contributed by atoms with van der Waals surface area (Å²) >= 11 is 0. The van der Waals surface area contributed by atoms with Crippen LogP contribution >= 0.6 is 0 Å². The lowest BCUT2D eigenvalue weighted by Crippen LogP contribution is -2.37. The lowest BCUT2D eigenvalue weighted by atomic mass is 10.1. The van der Waals surface area contributed by atoms with Gasteiger partial charge in [-0.1, -0.05) is 13.8 Å². The van der Waals surface area contributed by atoms with Crippen LogP contribution in [-0.4, -0.2) is 46.7 Å². The van der Waals surface area contributed by atoms with Crippen LogP contribution in [0.15, 0.2) is 0 Å². The van der Waals surface area contributed by atoms with E-state index in [9.17, 15) is 4.79 Å². The highest BCUT2D eigenvalue weighted by molar-refractivity contribution is 5.92. The number of nitrogen functional groups attached to an aromatic ring is 1. The van der Waals surface area contributed by atoms with E-state index < -0.39 is 5.97 Å². The van der Waals surface area contributed by atoms with Gasteiger partial charge in [0.2, 0.25) is 0 Å². The van der Waals surface area contributed by atoms with Gasteiger partial charge in [-0.2, -0.15) is 0 Å². The Balaban J connectivity index is 2.31. The van der Waals surface area contributed by atoms with E-state index in [0.717, 1.165) is 44.7 Å². The van der Waals surface area contributed by atoms with E-state index in [1.54, 1.807) is 6.92 Å². The summed E-state index contributed by atoms with van der Waals surface area (Å²) < 4.78 is 7.10. The van der Waals surface area contributed by atoms with Crippen molar-refractivity contribution in [3.63, 3.8) is 0 Å². The highest BCUT2D eigenvalue weighted by atomic mass is 16.5. The molecule has 0 bridgehead atoms. The van der Waals surface area contributed by atoms with Crippen LogP contribution in [0.1, 0.15) is 56.0 Å². The van der Waals surface area contributed by atoms with Crippen LogP contribution in [0.5, 0.6) is 0 Å². The molecule has 1 aromatic heterocycles. The summed E-state index contributed by atoms with van der Waals surface area (Å²) in [6.45, 7) is 9.46. The number of imidazole rings is 1. The molecule has 1 unspecified atom stereocenters. The molecule has 0 saturated carbocycles. The first-order valence-corrected chi connectivity index (χ1v) is 7.88. The van der Waals surface area contributed by atoms with Crippen molar-refractivity contribution in [1.29, 1.82) is 0 Å². The zero-order valence-corrected chi connectivity index (χ0v) is 13.3. The van der Waals surface area contributed by atoms with Crippen LogP contribution in [0.4, 0.5) is 5.82 Å². The lowest BCUT2D eigenvalue weighted by molar-refractivity contribution is 0.0521. The minimum Gasteiger partial charge on any atom is -0.461 e. The largest absolute Gasteiger partial charge is 0.461 e. The summed E-state index contributed by atoms with van der Waals surface area (Å²) in [5, 5.41) is 0. The van der Waals surface area contributed by atoms with Crippen LogP contribution in [-0.2, 0) is 11.2 Å². The van der Waals surface area contributed by atoms with Crippen molar-refractivity contribution in [2.24, 2.45) is 0 Å². The zero-order valence-electron chi connectivity index (χ0n) is 13.3. The lowest BCUT2D eigenvalue weighted by Gasteiger charge is -2.33. The van der Waals surface area contributed by atoms with Gasteiger partial charge in [-0.3, -0.25) is 0 Å². The number of nitrogens with two attached hydrogens (primary N) is 1. The van der Waals surface area contributed by atoms with E-state index >= 15 is 0 Å². The van der Waals surface area contributed by atoms with E-state index in [2.05, 4.69) is 16.8 Å². The molecule has 2 N–H and O–H groups in total. The van der Waals surface area contributed by atoms with E-state index in [0.29, 0.717) is 18.5 Å². The first kappa shape index (κ1) is 15.8. The van der Waals surface area contributed by atoms with Gasteiger partial charge in [-0.25, -0.2) is 9.78 Å². The van der Waals surface area contributed by atoms with Gasteiger partial charge in [-0.05, 0) is 32.9 Å². The number of carbonyl (C=O) groups excluding carboxylic acids is 1. The number of piperidine rings is 1. The summed E-state index contributed by atoms with van der Waals surface area (Å²) in [4.78, 5) is 18.8. The Morgan fingerprint density at radius 3 is 2.81 bits per heavy atom. The molecule has 1 saturated heterocycles. The molecule has 2 rings (SSSR count). The Hall–Kier alpha value is -1.56. The van der Waals surface area contributed by atoms with Crippen LogP contribution in [0, 0.1) is 0 Å². The van der Waals surface area contributed by atoms with Crippen molar-refractivity contribution in [3.05, 3.63) is 11.5 Å². The van der Waals surface area contributed by atoms with E-state index in [1.165, 1.54) is 0 Å². The number of aromatic nitrogens is 2. The predicted octanol–water partition coefficient (Wildman–Crippen LogP) is 1.86. The van der Waals surface area contributed by atoms with Crippen molar-refractivity contribution in [1.82, 2.24) is 14.5 Å². The number of likely N-dealkylation sites (N-methyl/N-ethyl adjacent to an activating group) is 1. The second kappa shape index (κ2) is 6.93. The van der Waals surface area contributed by atoms with Crippen molar-refractivity contribution < 1.29 is 9.53 Å². The number of nitrogens with zero attached hydrogens (tertiary/aromatic N) is 3. The van der Waals surface area contributed by atoms with Crippen LogP contribution in [0.3, 0.4) is 0 Å². The number of likely N-dealkylation sites (tertiary alicyclic amines) is 1. The maximum absolute atomic E-state index is 12.0. The molecule has 1 aliphatic rings. The highest BCUT2D eigenvalue weighted by Crippen LogP contribution is 2.28. The number of carbonyl (C=O) groups is 1. The Bertz CT molecular complexity index is 498. The van der Waals surface area contributed by atoms with Gasteiger partial charge in [0.05, 0.1) is 6.61 Å². The summed E-state index contributed by atoms with van der Waals surface area (Å²) in [6.07, 6.45) is 2.98. The monoisotopic (exact) mass is 294 g/mol. The molecule has 1 fully saturated rings. The fourth-order valence-electron chi connectivity index (χ4n) is 3.03. The molecule has 1 atom stereocenters. The fraction of sp³-hybridized carbons (Fsp3) is 0.733. The summed E-state index contributed by atoms with van der Waals surface area (Å²) in [5.41, 5.74) is 6.48. The Labute approximate surface area is 126 Å². The second-order valence-electron chi connectivity index (χ2n) is 5.40. The Kier molecular flexibility index (Phi) is 5.22. The molecule has 118 valence electrons. The highest BCUT2D eigenvalue weighted by Gasteiger charge is 2.28. The third kappa shape index (κ3) is 3.20. The normalized spacial score (nSPS) is 19.7. The van der Waals surface area contributed by atoms with Crippen LogP contribution < -0.4 is 5.73 Å². The first-order chi connectivity index (χ1) is 10.1. The average Bonchev–Trinajstić information content (AvgIpc) is 2.84. The number of aryl methyl sites for hydroxylation is 1.